The number of nitrogens with one attached hydrogen (secondary N) is 12. The van der Waals surface area contributed by atoms with Crippen molar-refractivity contribution < 1.29 is 92.7 Å². The molecule has 0 spiro atoms. The molecule has 34 heteroatoms. The molecule has 0 aliphatic heterocycles. The molecule has 2 aromatic rings. The third-order valence-corrected chi connectivity index (χ3v) is 14.9. The number of aromatic hydroxyl groups is 1. The second-order valence-electron chi connectivity index (χ2n) is 23.6. The minimum Gasteiger partial charge on any atom is -0.508 e. The Morgan fingerprint density at radius 3 is 1.28 bits per heavy atom. The lowest BCUT2D eigenvalue weighted by Crippen LogP contribution is -2.62. The Morgan fingerprint density at radius 1 is 0.432 bits per heavy atom. The van der Waals surface area contributed by atoms with Gasteiger partial charge >= 0.3 is 11.9 Å². The molecule has 21 N–H and O–H groups in total. The third-order valence-electron chi connectivity index (χ3n) is 14.5. The zero-order chi connectivity index (χ0) is 71.8. The molecule has 528 valence electrons. The van der Waals surface area contributed by atoms with Crippen LogP contribution in [0.5, 0.6) is 5.75 Å². The number of aliphatic hydroxyl groups is 2. The Bertz CT molecular complexity index is 2940. The zero-order valence-corrected chi connectivity index (χ0v) is 55.3. The average Bonchev–Trinajstić information content (AvgIpc) is 0.891. The predicted octanol–water partition coefficient (Wildman–Crippen LogP) is -5.05. The van der Waals surface area contributed by atoms with E-state index in [1.54, 1.807) is 58.0 Å². The molecule has 0 aliphatic carbocycles. The van der Waals surface area contributed by atoms with E-state index in [9.17, 15) is 92.7 Å². The van der Waals surface area contributed by atoms with Crippen LogP contribution in [-0.4, -0.2) is 213 Å². The molecule has 0 fully saturated rings. The molecule has 0 saturated carbocycles. The summed E-state index contributed by atoms with van der Waals surface area (Å²) < 4.78 is 0. The standard InChI is InChI=1S/C61H94N14O19S/c1-30(2)47(56(88)68-40(61(93)94)16-12-13-23-62)73-58(90)49(32(5)6)74-57(89)48(31(3)4)72-54(86)39(21-22-46(82)83)67-59(91)50(33(7)76)71-45(81)28-65-43(79)26-64-44(80)27-66-53(85)41(24-35-14-10-9-11-15-35)70-60(92)51(34(8)77)75-55(87)42(69-52(84)38(63)29-95)25-36-17-19-37(78)20-18-36/h9-11,14-15,17-20,30-34,38-42,47-51,76-78,95H,12-13,16,21-29,62-63H2,1-8H3,(H,64,80)(H,65,79)(H,66,85)(H,67,91)(H,68,88)(H,69,84)(H,70,92)(H,71,81)(H,72,86)(H,73,90)(H,74,89)(H,75,87)(H,82,83)(H,93,94)/t33-,34-,38+,39+,40+,41+,42+,47+,48+,49+,50+,51+/m1/s1. The summed E-state index contributed by atoms with van der Waals surface area (Å²) in [5.74, 6) is -16.2. The molecule has 12 amide bonds. The van der Waals surface area contributed by atoms with E-state index in [-0.39, 0.29) is 30.8 Å². The van der Waals surface area contributed by atoms with Crippen molar-refractivity contribution in [1.82, 2.24) is 63.8 Å². The fraction of sp³-hybridized carbons (Fsp3) is 0.574. The predicted molar refractivity (Wildman–Crippen MR) is 345 cm³/mol. The van der Waals surface area contributed by atoms with Gasteiger partial charge < -0.3 is 101 Å². The topological polar surface area (TPSA) is 537 Å². The SMILES string of the molecule is CC(C)[C@H](NC(=O)[C@H](CCC(=O)O)NC(=O)[C@@H](NC(=O)CNC(=O)CNC(=O)CNC(=O)[C@H](Cc1ccccc1)NC(=O)[C@@H](NC(=O)[C@H](Cc1ccc(O)cc1)NC(=O)[C@@H](N)CS)[C@@H](C)O)[C@@H](C)O)C(=O)N[C@H](C(=O)N[C@H](C(=O)N[C@@H](CCCCN)C(=O)O)C(C)C)C(C)C. The van der Waals surface area contributed by atoms with Gasteiger partial charge in [0, 0.05) is 25.0 Å². The Balaban J connectivity index is 2.13. The number of phenols is 1. The second-order valence-corrected chi connectivity index (χ2v) is 24.0. The first-order valence-corrected chi connectivity index (χ1v) is 31.5. The van der Waals surface area contributed by atoms with Crippen molar-refractivity contribution in [3.63, 3.8) is 0 Å². The van der Waals surface area contributed by atoms with Gasteiger partial charge in [0.15, 0.2) is 0 Å². The van der Waals surface area contributed by atoms with E-state index in [0.29, 0.717) is 30.5 Å². The second kappa shape index (κ2) is 41.7. The maximum atomic E-state index is 13.9. The lowest BCUT2D eigenvalue weighted by molar-refractivity contribution is -0.143. The molecule has 0 bridgehead atoms. The molecule has 0 heterocycles. The maximum Gasteiger partial charge on any atom is 0.326 e. The van der Waals surface area contributed by atoms with Crippen LogP contribution in [0.2, 0.25) is 0 Å². The Labute approximate surface area is 555 Å². The number of hydrogen-bond acceptors (Lipinski definition) is 20. The van der Waals surface area contributed by atoms with E-state index in [0.717, 1.165) is 6.92 Å². The van der Waals surface area contributed by atoms with E-state index in [1.807, 2.05) is 0 Å². The van der Waals surface area contributed by atoms with Crippen LogP contribution in [-0.2, 0) is 80.0 Å². The molecule has 0 radical (unpaired) electrons. The molecule has 0 aliphatic rings. The van der Waals surface area contributed by atoms with Gasteiger partial charge in [-0.25, -0.2) is 4.79 Å². The molecule has 12 atom stereocenters. The van der Waals surface area contributed by atoms with E-state index >= 15 is 0 Å². The van der Waals surface area contributed by atoms with Gasteiger partial charge in [-0.15, -0.1) is 0 Å². The molecule has 2 rings (SSSR count). The highest BCUT2D eigenvalue weighted by atomic mass is 32.1. The highest BCUT2D eigenvalue weighted by Gasteiger charge is 2.38. The Hall–Kier alpha value is -8.99. The summed E-state index contributed by atoms with van der Waals surface area (Å²) in [7, 11) is 0. The number of carboxylic acids is 2. The van der Waals surface area contributed by atoms with Crippen LogP contribution in [0, 0.1) is 17.8 Å². The van der Waals surface area contributed by atoms with E-state index < -0.39 is 206 Å². The number of benzene rings is 2. The summed E-state index contributed by atoms with van der Waals surface area (Å²) in [6.45, 7) is 9.65. The first-order valence-electron chi connectivity index (χ1n) is 30.8. The molecule has 95 heavy (non-hydrogen) atoms. The molecule has 33 nitrogen and oxygen atoms in total. The number of hydrogen-bond donors (Lipinski definition) is 20. The van der Waals surface area contributed by atoms with Gasteiger partial charge in [0.2, 0.25) is 70.9 Å². The average molecular weight is 1360 g/mol. The number of unbranched alkanes of at least 4 members (excludes halogenated alkanes) is 1. The fourth-order valence-electron chi connectivity index (χ4n) is 8.98. The van der Waals surface area contributed by atoms with Crippen LogP contribution in [0.1, 0.15) is 98.6 Å². The molecule has 2 aromatic carbocycles. The van der Waals surface area contributed by atoms with E-state index in [2.05, 4.69) is 76.4 Å². The summed E-state index contributed by atoms with van der Waals surface area (Å²) in [4.78, 5) is 185. The number of thiol groups is 1. The van der Waals surface area contributed by atoms with Crippen LogP contribution in [0.25, 0.3) is 0 Å². The van der Waals surface area contributed by atoms with Gasteiger partial charge in [0.1, 0.15) is 60.1 Å². The first-order chi connectivity index (χ1) is 44.6. The lowest BCUT2D eigenvalue weighted by Gasteiger charge is -2.30. The van der Waals surface area contributed by atoms with Gasteiger partial charge in [-0.1, -0.05) is 84.0 Å². The largest absolute Gasteiger partial charge is 0.508 e. The van der Waals surface area contributed by atoms with Crippen molar-refractivity contribution in [2.75, 3.05) is 31.9 Å². The van der Waals surface area contributed by atoms with Gasteiger partial charge in [-0.2, -0.15) is 12.6 Å². The summed E-state index contributed by atoms with van der Waals surface area (Å²) >= 11 is 4.03. The van der Waals surface area contributed by atoms with E-state index in [1.165, 1.54) is 45.0 Å². The Kier molecular flexibility index (Phi) is 36.0. The normalized spacial score (nSPS) is 14.9. The van der Waals surface area contributed by atoms with Crippen molar-refractivity contribution in [3.05, 3.63) is 65.7 Å². The van der Waals surface area contributed by atoms with Gasteiger partial charge in [0.25, 0.3) is 0 Å². The Morgan fingerprint density at radius 2 is 0.821 bits per heavy atom. The van der Waals surface area contributed by atoms with Gasteiger partial charge in [-0.3, -0.25) is 62.3 Å². The molecule has 0 saturated heterocycles. The molecule has 0 aromatic heterocycles. The van der Waals surface area contributed by atoms with Crippen molar-refractivity contribution in [3.8, 4) is 5.75 Å². The monoisotopic (exact) mass is 1360 g/mol. The minimum absolute atomic E-state index is 0.0678. The zero-order valence-electron chi connectivity index (χ0n) is 54.4. The molecular weight excluding hydrogens is 1260 g/mol. The maximum absolute atomic E-state index is 13.9. The van der Waals surface area contributed by atoms with Crippen LogP contribution in [0.15, 0.2) is 54.6 Å². The van der Waals surface area contributed by atoms with Crippen molar-refractivity contribution >= 4 is 95.5 Å². The quantitative estimate of drug-likeness (QED) is 0.0218. The van der Waals surface area contributed by atoms with Crippen LogP contribution >= 0.6 is 12.6 Å². The highest BCUT2D eigenvalue weighted by molar-refractivity contribution is 7.80. The van der Waals surface area contributed by atoms with Crippen LogP contribution in [0.3, 0.4) is 0 Å². The van der Waals surface area contributed by atoms with Crippen molar-refractivity contribution in [2.45, 2.75) is 173 Å². The summed E-state index contributed by atoms with van der Waals surface area (Å²) in [5, 5.41) is 79.0. The third kappa shape index (κ3) is 29.9. The van der Waals surface area contributed by atoms with Gasteiger partial charge in [0.05, 0.1) is 37.9 Å². The van der Waals surface area contributed by atoms with E-state index in [4.69, 9.17) is 11.5 Å². The summed E-state index contributed by atoms with van der Waals surface area (Å²) in [6, 6.07) is -0.522. The summed E-state index contributed by atoms with van der Waals surface area (Å²) in [6.07, 6.45) is -3.85. The molecular formula is C61H94N14O19S. The highest BCUT2D eigenvalue weighted by Crippen LogP contribution is 2.15. The number of aliphatic hydroxyl groups excluding tert-OH is 2. The van der Waals surface area contributed by atoms with Crippen molar-refractivity contribution in [1.29, 1.82) is 0 Å². The number of rotatable bonds is 42. The minimum atomic E-state index is -1.84. The van der Waals surface area contributed by atoms with Crippen LogP contribution < -0.4 is 75.3 Å². The lowest BCUT2D eigenvalue weighted by atomic mass is 9.97. The van der Waals surface area contributed by atoms with Crippen molar-refractivity contribution in [2.24, 2.45) is 29.2 Å². The first kappa shape index (κ1) is 82.1. The number of phenolic OH excluding ortho intramolecular Hbond substituents is 1. The number of carbonyl (C=O) groups excluding carboxylic acids is 12. The van der Waals surface area contributed by atoms with Gasteiger partial charge in [-0.05, 0) is 87.1 Å². The summed E-state index contributed by atoms with van der Waals surface area (Å²) in [5.41, 5.74) is 12.4. The number of amides is 12. The fourth-order valence-corrected chi connectivity index (χ4v) is 9.14. The number of carboxylic acid groups (broad SMARTS) is 2. The smallest absolute Gasteiger partial charge is 0.326 e. The van der Waals surface area contributed by atoms with Crippen LogP contribution in [0.4, 0.5) is 0 Å². The molecule has 0 unspecified atom stereocenters. The number of carbonyl (C=O) groups is 14. The number of nitrogens with two attached hydrogens (primary N) is 2. The number of aliphatic carboxylic acids is 2.